The number of benzene rings is 2. The van der Waals surface area contributed by atoms with Gasteiger partial charge in [-0.15, -0.1) is 0 Å². The molecule has 7 nitrogen and oxygen atoms in total. The first kappa shape index (κ1) is 20.3. The summed E-state index contributed by atoms with van der Waals surface area (Å²) in [4.78, 5) is 19.5. The number of nitriles is 1. The van der Waals surface area contributed by atoms with Crippen LogP contribution in [0.5, 0.6) is 5.75 Å². The number of carbonyl (C=O) groups is 1. The SMILES string of the molecule is N#Cc1ccc(Cn2cncc2CN[C@H]2CCN([C@@H]3CCOc4ccccc43)C2=O)cc1. The lowest BCUT2D eigenvalue weighted by Crippen LogP contribution is -2.40. The van der Waals surface area contributed by atoms with Crippen molar-refractivity contribution in [3.63, 3.8) is 0 Å². The molecule has 162 valence electrons. The summed E-state index contributed by atoms with van der Waals surface area (Å²) in [5.41, 5.74) is 3.88. The molecule has 1 fully saturated rings. The number of imidazole rings is 1. The minimum absolute atomic E-state index is 0.0844. The first-order valence-electron chi connectivity index (χ1n) is 11.0. The largest absolute Gasteiger partial charge is 0.493 e. The molecule has 0 bridgehead atoms. The van der Waals surface area contributed by atoms with Gasteiger partial charge in [-0.05, 0) is 30.2 Å². The second-order valence-electron chi connectivity index (χ2n) is 8.27. The van der Waals surface area contributed by atoms with Gasteiger partial charge in [-0.1, -0.05) is 30.3 Å². The van der Waals surface area contributed by atoms with Crippen molar-refractivity contribution >= 4 is 5.91 Å². The topological polar surface area (TPSA) is 83.2 Å². The number of hydrogen-bond acceptors (Lipinski definition) is 5. The van der Waals surface area contributed by atoms with E-state index in [9.17, 15) is 4.79 Å². The zero-order valence-corrected chi connectivity index (χ0v) is 17.8. The Bertz CT molecular complexity index is 1150. The Morgan fingerprint density at radius 1 is 1.16 bits per heavy atom. The van der Waals surface area contributed by atoms with Gasteiger partial charge in [-0.25, -0.2) is 4.98 Å². The quantitative estimate of drug-likeness (QED) is 0.654. The van der Waals surface area contributed by atoms with Crippen molar-refractivity contribution in [2.45, 2.75) is 38.0 Å². The van der Waals surface area contributed by atoms with Gasteiger partial charge in [0.2, 0.25) is 5.91 Å². The van der Waals surface area contributed by atoms with E-state index < -0.39 is 0 Å². The Hall–Kier alpha value is -3.63. The van der Waals surface area contributed by atoms with E-state index in [0.717, 1.165) is 42.0 Å². The molecule has 1 amide bonds. The molecule has 0 radical (unpaired) electrons. The molecule has 1 saturated heterocycles. The second kappa shape index (κ2) is 8.85. The average molecular weight is 428 g/mol. The van der Waals surface area contributed by atoms with Crippen molar-refractivity contribution in [2.75, 3.05) is 13.2 Å². The highest BCUT2D eigenvalue weighted by molar-refractivity contribution is 5.84. The molecule has 2 aromatic carbocycles. The van der Waals surface area contributed by atoms with Gasteiger partial charge < -0.3 is 19.5 Å². The second-order valence-corrected chi connectivity index (χ2v) is 8.27. The number of fused-ring (bicyclic) bond motifs is 1. The minimum atomic E-state index is -0.191. The number of aromatic nitrogens is 2. The smallest absolute Gasteiger partial charge is 0.240 e. The molecule has 0 aliphatic carbocycles. The lowest BCUT2D eigenvalue weighted by Gasteiger charge is -2.33. The standard InChI is InChI=1S/C25H25N5O2/c26-13-18-5-7-19(8-6-18)16-29-17-27-14-20(29)15-28-22-9-11-30(25(22)31)23-10-12-32-24-4-2-1-3-21(23)24/h1-8,14,17,22-23,28H,9-12,15-16H2/t22-,23+/m0/s1. The molecule has 2 aliphatic heterocycles. The Morgan fingerprint density at radius 3 is 2.84 bits per heavy atom. The van der Waals surface area contributed by atoms with Gasteiger partial charge in [0.1, 0.15) is 5.75 Å². The van der Waals surface area contributed by atoms with Crippen molar-refractivity contribution in [1.82, 2.24) is 19.8 Å². The minimum Gasteiger partial charge on any atom is -0.493 e. The highest BCUT2D eigenvalue weighted by atomic mass is 16.5. The molecule has 2 atom stereocenters. The maximum Gasteiger partial charge on any atom is 0.240 e. The van der Waals surface area contributed by atoms with Crippen LogP contribution in [0.1, 0.15) is 41.3 Å². The molecule has 0 unspecified atom stereocenters. The summed E-state index contributed by atoms with van der Waals surface area (Å²) in [6.07, 6.45) is 5.26. The Labute approximate surface area is 187 Å². The number of nitrogens with one attached hydrogen (secondary N) is 1. The van der Waals surface area contributed by atoms with Crippen molar-refractivity contribution in [3.05, 3.63) is 83.4 Å². The monoisotopic (exact) mass is 427 g/mol. The average Bonchev–Trinajstić information content (AvgIpc) is 3.43. The molecule has 1 aromatic heterocycles. The number of rotatable bonds is 6. The molecule has 0 saturated carbocycles. The van der Waals surface area contributed by atoms with Crippen LogP contribution in [0.3, 0.4) is 0 Å². The number of amides is 1. The van der Waals surface area contributed by atoms with E-state index in [2.05, 4.69) is 27.0 Å². The zero-order chi connectivity index (χ0) is 21.9. The third kappa shape index (κ3) is 3.97. The predicted molar refractivity (Wildman–Crippen MR) is 119 cm³/mol. The van der Waals surface area contributed by atoms with Crippen molar-refractivity contribution in [2.24, 2.45) is 0 Å². The van der Waals surface area contributed by atoms with Crippen LogP contribution in [-0.2, 0) is 17.9 Å². The fourth-order valence-electron chi connectivity index (χ4n) is 4.59. The van der Waals surface area contributed by atoms with Crippen LogP contribution in [0.25, 0.3) is 0 Å². The van der Waals surface area contributed by atoms with Gasteiger partial charge in [-0.3, -0.25) is 4.79 Å². The van der Waals surface area contributed by atoms with Crippen LogP contribution in [-0.4, -0.2) is 39.6 Å². The van der Waals surface area contributed by atoms with Gasteiger partial charge in [0.05, 0.1) is 42.3 Å². The molecule has 2 aliphatic rings. The van der Waals surface area contributed by atoms with Crippen molar-refractivity contribution < 1.29 is 9.53 Å². The summed E-state index contributed by atoms with van der Waals surface area (Å²) < 4.78 is 7.84. The highest BCUT2D eigenvalue weighted by Crippen LogP contribution is 2.37. The van der Waals surface area contributed by atoms with Gasteiger partial charge in [0.25, 0.3) is 0 Å². The molecule has 7 heteroatoms. The lowest BCUT2D eigenvalue weighted by molar-refractivity contribution is -0.132. The Balaban J connectivity index is 1.22. The molecule has 3 aromatic rings. The maximum absolute atomic E-state index is 13.2. The van der Waals surface area contributed by atoms with Crippen LogP contribution in [0.2, 0.25) is 0 Å². The van der Waals surface area contributed by atoms with Crippen molar-refractivity contribution in [1.29, 1.82) is 5.26 Å². The van der Waals surface area contributed by atoms with E-state index >= 15 is 0 Å². The summed E-state index contributed by atoms with van der Waals surface area (Å²) in [6.45, 7) is 2.63. The van der Waals surface area contributed by atoms with Gasteiger partial charge >= 0.3 is 0 Å². The number of carbonyl (C=O) groups excluding carboxylic acids is 1. The Kier molecular flexibility index (Phi) is 5.61. The molecular formula is C25H25N5O2. The van der Waals surface area contributed by atoms with Gasteiger partial charge in [-0.2, -0.15) is 5.26 Å². The molecular weight excluding hydrogens is 402 g/mol. The van der Waals surface area contributed by atoms with E-state index in [4.69, 9.17) is 10.00 Å². The predicted octanol–water partition coefficient (Wildman–Crippen LogP) is 3.02. The van der Waals surface area contributed by atoms with Crippen LogP contribution in [0.15, 0.2) is 61.1 Å². The fourth-order valence-corrected chi connectivity index (χ4v) is 4.59. The summed E-state index contributed by atoms with van der Waals surface area (Å²) in [6, 6.07) is 17.6. The maximum atomic E-state index is 13.2. The van der Waals surface area contributed by atoms with Crippen LogP contribution < -0.4 is 10.1 Å². The molecule has 0 spiro atoms. The van der Waals surface area contributed by atoms with E-state index in [1.54, 1.807) is 6.33 Å². The normalized spacial score (nSPS) is 20.0. The summed E-state index contributed by atoms with van der Waals surface area (Å²) in [7, 11) is 0. The first-order chi connectivity index (χ1) is 15.7. The number of para-hydroxylation sites is 1. The van der Waals surface area contributed by atoms with E-state index in [1.807, 2.05) is 53.6 Å². The Morgan fingerprint density at radius 2 is 2.00 bits per heavy atom. The zero-order valence-electron chi connectivity index (χ0n) is 17.8. The highest BCUT2D eigenvalue weighted by Gasteiger charge is 2.38. The van der Waals surface area contributed by atoms with E-state index in [0.29, 0.717) is 25.3 Å². The number of nitrogens with zero attached hydrogens (tertiary/aromatic N) is 4. The summed E-state index contributed by atoms with van der Waals surface area (Å²) in [5, 5.41) is 12.4. The summed E-state index contributed by atoms with van der Waals surface area (Å²) in [5.74, 6) is 1.05. The van der Waals surface area contributed by atoms with Gasteiger partial charge in [0, 0.05) is 37.8 Å². The molecule has 1 N–H and O–H groups in total. The van der Waals surface area contributed by atoms with Crippen molar-refractivity contribution in [3.8, 4) is 11.8 Å². The van der Waals surface area contributed by atoms with Crippen LogP contribution in [0.4, 0.5) is 0 Å². The third-order valence-electron chi connectivity index (χ3n) is 6.31. The lowest BCUT2D eigenvalue weighted by atomic mass is 9.99. The third-order valence-corrected chi connectivity index (χ3v) is 6.31. The number of hydrogen-bond donors (Lipinski definition) is 1. The first-order valence-corrected chi connectivity index (χ1v) is 11.0. The molecule has 3 heterocycles. The van der Waals surface area contributed by atoms with E-state index in [1.165, 1.54) is 0 Å². The van der Waals surface area contributed by atoms with E-state index in [-0.39, 0.29) is 18.0 Å². The summed E-state index contributed by atoms with van der Waals surface area (Å²) >= 11 is 0. The molecule has 32 heavy (non-hydrogen) atoms. The molecule has 5 rings (SSSR count). The number of ether oxygens (including phenoxy) is 1. The number of likely N-dealkylation sites (tertiary alicyclic amines) is 1. The van der Waals surface area contributed by atoms with Crippen LogP contribution >= 0.6 is 0 Å². The van der Waals surface area contributed by atoms with Crippen LogP contribution in [0, 0.1) is 11.3 Å². The van der Waals surface area contributed by atoms with Gasteiger partial charge in [0.15, 0.2) is 0 Å². The fraction of sp³-hybridized carbons (Fsp3) is 0.320.